The lowest BCUT2D eigenvalue weighted by Gasteiger charge is -2.13. The second kappa shape index (κ2) is 5.82. The van der Waals surface area contributed by atoms with Crippen LogP contribution in [0, 0.1) is 19.8 Å². The summed E-state index contributed by atoms with van der Waals surface area (Å²) in [5, 5.41) is 19.1. The number of aryl methyl sites for hydroxylation is 2. The monoisotopic (exact) mass is 239 g/mol. The maximum atomic E-state index is 11.9. The standard InChI is InChI=1S/C12H21N3O2/c1-7(2)5-10(16)6-13-12(17)11-8(3)14-15-9(11)4/h7,10,16H,5-6H2,1-4H3,(H,13,17)(H,14,15). The van der Waals surface area contributed by atoms with Crippen LogP contribution in [0.1, 0.15) is 42.0 Å². The molecule has 96 valence electrons. The molecule has 17 heavy (non-hydrogen) atoms. The third-order valence-electron chi connectivity index (χ3n) is 2.60. The van der Waals surface area contributed by atoms with E-state index in [0.717, 1.165) is 5.69 Å². The van der Waals surface area contributed by atoms with Crippen molar-refractivity contribution in [1.29, 1.82) is 0 Å². The zero-order chi connectivity index (χ0) is 13.0. The Bertz CT molecular complexity index is 366. The van der Waals surface area contributed by atoms with Gasteiger partial charge in [-0.05, 0) is 26.2 Å². The van der Waals surface area contributed by atoms with E-state index in [-0.39, 0.29) is 12.5 Å². The van der Waals surface area contributed by atoms with E-state index in [1.165, 1.54) is 0 Å². The lowest BCUT2D eigenvalue weighted by molar-refractivity contribution is 0.0899. The summed E-state index contributed by atoms with van der Waals surface area (Å²) in [5.74, 6) is 0.232. The van der Waals surface area contributed by atoms with Crippen LogP contribution in [-0.2, 0) is 0 Å². The molecule has 1 heterocycles. The Morgan fingerprint density at radius 3 is 2.59 bits per heavy atom. The molecule has 1 aromatic rings. The first kappa shape index (κ1) is 13.7. The minimum absolute atomic E-state index is 0.184. The fraction of sp³-hybridized carbons (Fsp3) is 0.667. The SMILES string of the molecule is Cc1n[nH]c(C)c1C(=O)NCC(O)CC(C)C. The van der Waals surface area contributed by atoms with Gasteiger partial charge in [-0.1, -0.05) is 13.8 Å². The Labute approximate surface area is 102 Å². The number of hydrogen-bond acceptors (Lipinski definition) is 3. The van der Waals surface area contributed by atoms with Crippen LogP contribution in [0.3, 0.4) is 0 Å². The highest BCUT2D eigenvalue weighted by Crippen LogP contribution is 2.09. The number of H-pyrrole nitrogens is 1. The Morgan fingerprint density at radius 2 is 2.12 bits per heavy atom. The Balaban J connectivity index is 2.51. The molecule has 0 aliphatic carbocycles. The van der Waals surface area contributed by atoms with Crippen molar-refractivity contribution in [2.75, 3.05) is 6.54 Å². The first-order chi connectivity index (χ1) is 7.91. The number of rotatable bonds is 5. The van der Waals surface area contributed by atoms with Gasteiger partial charge in [-0.2, -0.15) is 5.10 Å². The quantitative estimate of drug-likeness (QED) is 0.721. The first-order valence-corrected chi connectivity index (χ1v) is 5.89. The summed E-state index contributed by atoms with van der Waals surface area (Å²) in [7, 11) is 0. The molecule has 1 unspecified atom stereocenters. The topological polar surface area (TPSA) is 78.0 Å². The molecule has 0 aromatic carbocycles. The highest BCUT2D eigenvalue weighted by atomic mass is 16.3. The predicted octanol–water partition coefficient (Wildman–Crippen LogP) is 1.16. The Kier molecular flexibility index (Phi) is 4.69. The summed E-state index contributed by atoms with van der Waals surface area (Å²) in [6, 6.07) is 0. The average molecular weight is 239 g/mol. The van der Waals surface area contributed by atoms with Crippen LogP contribution >= 0.6 is 0 Å². The molecular weight excluding hydrogens is 218 g/mol. The van der Waals surface area contributed by atoms with Crippen molar-refractivity contribution < 1.29 is 9.90 Å². The van der Waals surface area contributed by atoms with Crippen molar-refractivity contribution in [2.45, 2.75) is 40.2 Å². The van der Waals surface area contributed by atoms with Crippen LogP contribution in [0.4, 0.5) is 0 Å². The van der Waals surface area contributed by atoms with Gasteiger partial charge in [0.2, 0.25) is 0 Å². The highest BCUT2D eigenvalue weighted by Gasteiger charge is 2.16. The summed E-state index contributed by atoms with van der Waals surface area (Å²) in [6.07, 6.45) is 0.190. The number of aliphatic hydroxyl groups is 1. The molecule has 3 N–H and O–H groups in total. The lowest BCUT2D eigenvalue weighted by Crippen LogP contribution is -2.33. The van der Waals surface area contributed by atoms with Gasteiger partial charge in [0.1, 0.15) is 0 Å². The van der Waals surface area contributed by atoms with Crippen LogP contribution in [0.5, 0.6) is 0 Å². The first-order valence-electron chi connectivity index (χ1n) is 5.89. The lowest BCUT2D eigenvalue weighted by atomic mass is 10.1. The molecule has 0 aliphatic rings. The minimum atomic E-state index is -0.494. The molecule has 5 heteroatoms. The molecule has 0 spiro atoms. The molecule has 0 saturated heterocycles. The number of hydrogen-bond donors (Lipinski definition) is 3. The second-order valence-electron chi connectivity index (χ2n) is 4.80. The van der Waals surface area contributed by atoms with Crippen molar-refractivity contribution in [2.24, 2.45) is 5.92 Å². The Morgan fingerprint density at radius 1 is 1.47 bits per heavy atom. The zero-order valence-corrected chi connectivity index (χ0v) is 10.9. The van der Waals surface area contributed by atoms with Crippen LogP contribution in [-0.4, -0.2) is 33.9 Å². The van der Waals surface area contributed by atoms with Gasteiger partial charge < -0.3 is 10.4 Å². The molecular formula is C12H21N3O2. The van der Waals surface area contributed by atoms with Crippen LogP contribution < -0.4 is 5.32 Å². The molecule has 1 aromatic heterocycles. The fourth-order valence-corrected chi connectivity index (χ4v) is 1.81. The predicted molar refractivity (Wildman–Crippen MR) is 65.9 cm³/mol. The van der Waals surface area contributed by atoms with E-state index < -0.39 is 6.10 Å². The fourth-order valence-electron chi connectivity index (χ4n) is 1.81. The summed E-state index contributed by atoms with van der Waals surface area (Å²) in [4.78, 5) is 11.9. The number of amides is 1. The van der Waals surface area contributed by atoms with Crippen LogP contribution in [0.25, 0.3) is 0 Å². The van der Waals surface area contributed by atoms with Crippen LogP contribution in [0.2, 0.25) is 0 Å². The van der Waals surface area contributed by atoms with Gasteiger partial charge in [0.05, 0.1) is 17.4 Å². The third kappa shape index (κ3) is 3.85. The average Bonchev–Trinajstić information content (AvgIpc) is 2.54. The molecule has 1 atom stereocenters. The van der Waals surface area contributed by atoms with E-state index in [4.69, 9.17) is 0 Å². The number of carbonyl (C=O) groups is 1. The van der Waals surface area contributed by atoms with Gasteiger partial charge in [-0.3, -0.25) is 9.89 Å². The number of aromatic nitrogens is 2. The zero-order valence-electron chi connectivity index (χ0n) is 10.9. The maximum Gasteiger partial charge on any atom is 0.255 e. The molecule has 0 bridgehead atoms. The second-order valence-corrected chi connectivity index (χ2v) is 4.80. The van der Waals surface area contributed by atoms with Gasteiger partial charge in [0.25, 0.3) is 5.91 Å². The highest BCUT2D eigenvalue weighted by molar-refractivity contribution is 5.96. The van der Waals surface area contributed by atoms with Crippen molar-refractivity contribution >= 4 is 5.91 Å². The summed E-state index contributed by atoms with van der Waals surface area (Å²) in [6.45, 7) is 7.94. The summed E-state index contributed by atoms with van der Waals surface area (Å²) in [5.41, 5.74) is 2.00. The van der Waals surface area contributed by atoms with Gasteiger partial charge >= 0.3 is 0 Å². The number of carbonyl (C=O) groups excluding carboxylic acids is 1. The van der Waals surface area contributed by atoms with E-state index in [2.05, 4.69) is 15.5 Å². The largest absolute Gasteiger partial charge is 0.391 e. The van der Waals surface area contributed by atoms with Crippen molar-refractivity contribution in [3.8, 4) is 0 Å². The number of nitrogens with one attached hydrogen (secondary N) is 2. The normalized spacial score (nSPS) is 12.8. The van der Waals surface area contributed by atoms with Gasteiger partial charge in [-0.15, -0.1) is 0 Å². The van der Waals surface area contributed by atoms with Gasteiger partial charge in [-0.25, -0.2) is 0 Å². The molecule has 5 nitrogen and oxygen atoms in total. The van der Waals surface area contributed by atoms with Crippen molar-refractivity contribution in [1.82, 2.24) is 15.5 Å². The summed E-state index contributed by atoms with van der Waals surface area (Å²) >= 11 is 0. The molecule has 0 saturated carbocycles. The maximum absolute atomic E-state index is 11.9. The van der Waals surface area contributed by atoms with E-state index >= 15 is 0 Å². The van der Waals surface area contributed by atoms with Crippen LogP contribution in [0.15, 0.2) is 0 Å². The number of aliphatic hydroxyl groups excluding tert-OH is 1. The number of aromatic amines is 1. The van der Waals surface area contributed by atoms with Gasteiger partial charge in [0, 0.05) is 12.2 Å². The molecule has 0 fully saturated rings. The molecule has 0 aliphatic heterocycles. The van der Waals surface area contributed by atoms with Crippen molar-refractivity contribution in [3.63, 3.8) is 0 Å². The minimum Gasteiger partial charge on any atom is -0.391 e. The van der Waals surface area contributed by atoms with E-state index in [0.29, 0.717) is 23.6 Å². The van der Waals surface area contributed by atoms with E-state index in [1.54, 1.807) is 13.8 Å². The number of nitrogens with zero attached hydrogens (tertiary/aromatic N) is 1. The third-order valence-corrected chi connectivity index (χ3v) is 2.60. The Hall–Kier alpha value is -1.36. The molecule has 0 radical (unpaired) electrons. The van der Waals surface area contributed by atoms with Crippen molar-refractivity contribution in [3.05, 3.63) is 17.0 Å². The molecule has 1 amide bonds. The molecule has 1 rings (SSSR count). The van der Waals surface area contributed by atoms with E-state index in [9.17, 15) is 9.90 Å². The smallest absolute Gasteiger partial charge is 0.255 e. The van der Waals surface area contributed by atoms with E-state index in [1.807, 2.05) is 13.8 Å². The summed E-state index contributed by atoms with van der Waals surface area (Å²) < 4.78 is 0. The van der Waals surface area contributed by atoms with Gasteiger partial charge in [0.15, 0.2) is 0 Å².